The monoisotopic (exact) mass is 321 g/mol. The van der Waals surface area contributed by atoms with Crippen LogP contribution in [0, 0.1) is 5.92 Å². The van der Waals surface area contributed by atoms with Crippen LogP contribution in [0.2, 0.25) is 5.02 Å². The molecule has 1 aromatic carbocycles. The highest BCUT2D eigenvalue weighted by molar-refractivity contribution is 8.00. The van der Waals surface area contributed by atoms with Gasteiger partial charge in [-0.05, 0) is 43.9 Å². The average Bonchev–Trinajstić information content (AvgIpc) is 2.66. The number of allylic oxidation sites excluding steroid dienone is 2. The molecule has 0 radical (unpaired) electrons. The molecule has 4 heteroatoms. The molecule has 1 aliphatic heterocycles. The van der Waals surface area contributed by atoms with Gasteiger partial charge in [-0.3, -0.25) is 4.79 Å². The van der Waals surface area contributed by atoms with Gasteiger partial charge in [-0.2, -0.15) is 0 Å². The van der Waals surface area contributed by atoms with Crippen molar-refractivity contribution in [2.24, 2.45) is 5.92 Å². The maximum absolute atomic E-state index is 12.9. The van der Waals surface area contributed by atoms with Gasteiger partial charge in [0.2, 0.25) is 5.91 Å². The molecule has 2 aliphatic rings. The smallest absolute Gasteiger partial charge is 0.230 e. The summed E-state index contributed by atoms with van der Waals surface area (Å²) in [6, 6.07) is 5.90. The molecule has 112 valence electrons. The molecule has 1 amide bonds. The number of benzene rings is 1. The minimum Gasteiger partial charge on any atom is -0.311 e. The quantitative estimate of drug-likeness (QED) is 0.685. The van der Waals surface area contributed by atoms with Crippen molar-refractivity contribution in [1.82, 2.24) is 0 Å². The number of fused-ring (bicyclic) bond motifs is 1. The molecule has 3 rings (SSSR count). The molecule has 0 aromatic heterocycles. The van der Waals surface area contributed by atoms with Crippen LogP contribution in [-0.4, -0.2) is 17.7 Å². The lowest BCUT2D eigenvalue weighted by molar-refractivity contribution is -0.122. The number of thioether (sulfide) groups is 1. The Morgan fingerprint density at radius 1 is 1.33 bits per heavy atom. The largest absolute Gasteiger partial charge is 0.311 e. The fourth-order valence-corrected chi connectivity index (χ4v) is 4.23. The molecule has 21 heavy (non-hydrogen) atoms. The summed E-state index contributed by atoms with van der Waals surface area (Å²) in [7, 11) is 0. The molecule has 2 atom stereocenters. The van der Waals surface area contributed by atoms with Crippen molar-refractivity contribution in [2.75, 3.05) is 11.4 Å². The van der Waals surface area contributed by atoms with E-state index in [4.69, 9.17) is 11.6 Å². The number of hydrogen-bond donors (Lipinski definition) is 0. The Morgan fingerprint density at radius 3 is 2.95 bits per heavy atom. The second kappa shape index (κ2) is 6.45. The number of rotatable bonds is 1. The van der Waals surface area contributed by atoms with E-state index in [2.05, 4.69) is 19.1 Å². The van der Waals surface area contributed by atoms with Gasteiger partial charge in [0.15, 0.2) is 0 Å². The van der Waals surface area contributed by atoms with Gasteiger partial charge in [-0.1, -0.05) is 30.7 Å². The van der Waals surface area contributed by atoms with Crippen molar-refractivity contribution < 1.29 is 4.79 Å². The van der Waals surface area contributed by atoms with E-state index in [9.17, 15) is 4.79 Å². The Bertz CT molecular complexity index is 572. The number of anilines is 1. The molecule has 2 nitrogen and oxygen atoms in total. The van der Waals surface area contributed by atoms with Crippen LogP contribution in [0.15, 0.2) is 35.2 Å². The molecule has 0 saturated carbocycles. The van der Waals surface area contributed by atoms with E-state index in [-0.39, 0.29) is 11.8 Å². The molecule has 0 bridgehead atoms. The first-order valence-electron chi connectivity index (χ1n) is 7.58. The molecule has 0 spiro atoms. The summed E-state index contributed by atoms with van der Waals surface area (Å²) in [5.74, 6) is 0.387. The number of nitrogens with zero attached hydrogens (tertiary/aromatic N) is 1. The molecule has 0 unspecified atom stereocenters. The third kappa shape index (κ3) is 3.29. The Balaban J connectivity index is 1.92. The Kier molecular flexibility index (Phi) is 4.60. The van der Waals surface area contributed by atoms with Gasteiger partial charge in [0.05, 0.1) is 5.69 Å². The Hall–Kier alpha value is -0.930. The van der Waals surface area contributed by atoms with Crippen molar-refractivity contribution >= 4 is 35.0 Å². The van der Waals surface area contributed by atoms with Crippen molar-refractivity contribution in [3.63, 3.8) is 0 Å². The van der Waals surface area contributed by atoms with Crippen molar-refractivity contribution in [3.8, 4) is 0 Å². The maximum Gasteiger partial charge on any atom is 0.230 e. The van der Waals surface area contributed by atoms with Crippen LogP contribution in [0.5, 0.6) is 0 Å². The van der Waals surface area contributed by atoms with Crippen LogP contribution in [0.1, 0.15) is 32.6 Å². The zero-order valence-corrected chi connectivity index (χ0v) is 13.8. The fraction of sp³-hybridized carbons (Fsp3) is 0.471. The molecular weight excluding hydrogens is 302 g/mol. The van der Waals surface area contributed by atoms with Crippen LogP contribution in [0.25, 0.3) is 0 Å². The van der Waals surface area contributed by atoms with Gasteiger partial charge in [-0.15, -0.1) is 11.8 Å². The summed E-state index contributed by atoms with van der Waals surface area (Å²) < 4.78 is 0. The lowest BCUT2D eigenvalue weighted by atomic mass is 9.93. The third-order valence-corrected chi connectivity index (χ3v) is 5.66. The van der Waals surface area contributed by atoms with Crippen LogP contribution in [0.4, 0.5) is 5.69 Å². The summed E-state index contributed by atoms with van der Waals surface area (Å²) in [4.78, 5) is 16.1. The minimum absolute atomic E-state index is 0.125. The second-order valence-corrected chi connectivity index (χ2v) is 7.72. The number of hydrogen-bond acceptors (Lipinski definition) is 2. The van der Waals surface area contributed by atoms with Crippen LogP contribution >= 0.6 is 23.4 Å². The molecule has 0 saturated heterocycles. The van der Waals surface area contributed by atoms with E-state index >= 15 is 0 Å². The number of carbonyl (C=O) groups is 1. The first-order chi connectivity index (χ1) is 10.1. The highest BCUT2D eigenvalue weighted by atomic mass is 35.5. The minimum atomic E-state index is 0.125. The predicted molar refractivity (Wildman–Crippen MR) is 90.2 cm³/mol. The molecule has 1 heterocycles. The van der Waals surface area contributed by atoms with Crippen molar-refractivity contribution in [3.05, 3.63) is 35.4 Å². The van der Waals surface area contributed by atoms with Crippen molar-refractivity contribution in [2.45, 2.75) is 42.8 Å². The summed E-state index contributed by atoms with van der Waals surface area (Å²) in [5, 5.41) is 1.22. The molecule has 1 aliphatic carbocycles. The van der Waals surface area contributed by atoms with Gasteiger partial charge >= 0.3 is 0 Å². The highest BCUT2D eigenvalue weighted by Crippen LogP contribution is 2.40. The maximum atomic E-state index is 12.9. The number of amides is 1. The molecule has 0 fully saturated rings. The Morgan fingerprint density at radius 2 is 2.19 bits per heavy atom. The zero-order chi connectivity index (χ0) is 14.8. The first-order valence-corrected chi connectivity index (χ1v) is 8.83. The molecule has 0 N–H and O–H groups in total. The van der Waals surface area contributed by atoms with Gasteiger partial charge < -0.3 is 4.90 Å². The SMILES string of the molecule is C[C@@H]1CCN(C(=O)[C@@H]2CC=CCC2)c2cc(Cl)ccc2S1. The molecule has 1 aromatic rings. The summed E-state index contributed by atoms with van der Waals surface area (Å²) >= 11 is 8.01. The van der Waals surface area contributed by atoms with Crippen LogP contribution in [0.3, 0.4) is 0 Å². The van der Waals surface area contributed by atoms with Crippen LogP contribution in [-0.2, 0) is 4.79 Å². The topological polar surface area (TPSA) is 20.3 Å². The fourth-order valence-electron chi connectivity index (χ4n) is 2.98. The number of halogens is 1. The van der Waals surface area contributed by atoms with E-state index in [1.807, 2.05) is 34.9 Å². The Labute approximate surface area is 135 Å². The van der Waals surface area contributed by atoms with E-state index in [0.717, 1.165) is 37.9 Å². The van der Waals surface area contributed by atoms with Gasteiger partial charge in [0.1, 0.15) is 0 Å². The molecular formula is C17H20ClNOS. The summed E-state index contributed by atoms with van der Waals surface area (Å²) in [6.45, 7) is 3.01. The van der Waals surface area contributed by atoms with Gasteiger partial charge in [0.25, 0.3) is 0 Å². The van der Waals surface area contributed by atoms with Gasteiger partial charge in [-0.25, -0.2) is 0 Å². The lowest BCUT2D eigenvalue weighted by Crippen LogP contribution is -2.37. The normalized spacial score (nSPS) is 25.3. The first kappa shape index (κ1) is 15.0. The van der Waals surface area contributed by atoms with E-state index < -0.39 is 0 Å². The predicted octanol–water partition coefficient (Wildman–Crippen LogP) is 4.91. The average molecular weight is 322 g/mol. The number of carbonyl (C=O) groups excluding carboxylic acids is 1. The van der Waals surface area contributed by atoms with E-state index in [0.29, 0.717) is 10.3 Å². The van der Waals surface area contributed by atoms with Crippen molar-refractivity contribution in [1.29, 1.82) is 0 Å². The standard InChI is InChI=1S/C17H20ClNOS/c1-12-9-10-19(17(20)13-5-3-2-4-6-13)15-11-14(18)7-8-16(15)21-12/h2-3,7-8,11-13H,4-6,9-10H2,1H3/t12-,13-/m1/s1. The summed E-state index contributed by atoms with van der Waals surface area (Å²) in [5.41, 5.74) is 0.997. The summed E-state index contributed by atoms with van der Waals surface area (Å²) in [6.07, 6.45) is 8.18. The van der Waals surface area contributed by atoms with Gasteiger partial charge in [0, 0.05) is 27.6 Å². The highest BCUT2D eigenvalue weighted by Gasteiger charge is 2.29. The second-order valence-electron chi connectivity index (χ2n) is 5.80. The van der Waals surface area contributed by atoms with E-state index in [1.165, 1.54) is 4.90 Å². The van der Waals surface area contributed by atoms with E-state index in [1.54, 1.807) is 0 Å². The zero-order valence-electron chi connectivity index (χ0n) is 12.2. The lowest BCUT2D eigenvalue weighted by Gasteiger charge is -2.28. The van der Waals surface area contributed by atoms with Crippen LogP contribution < -0.4 is 4.90 Å². The third-order valence-electron chi connectivity index (χ3n) is 4.18.